The summed E-state index contributed by atoms with van der Waals surface area (Å²) < 4.78 is 60.3. The molecule has 0 aliphatic rings. The number of hydrogen-bond acceptors (Lipinski definition) is 7. The summed E-state index contributed by atoms with van der Waals surface area (Å²) in [4.78, 5) is 21.5. The molecule has 0 saturated carbocycles. The molecule has 1 atom stereocenters. The molecule has 0 N–H and O–H groups in total. The third-order valence-electron chi connectivity index (χ3n) is 6.33. The van der Waals surface area contributed by atoms with Gasteiger partial charge in [0.05, 0.1) is 28.9 Å². The third kappa shape index (κ3) is 6.24. The number of hydrogen-bond donors (Lipinski definition) is 0. The van der Waals surface area contributed by atoms with E-state index in [0.717, 1.165) is 17.2 Å². The number of aromatic nitrogens is 5. The summed E-state index contributed by atoms with van der Waals surface area (Å²) in [6.45, 7) is 3.32. The first-order chi connectivity index (χ1) is 20.2. The first kappa shape index (κ1) is 29.1. The first-order valence-corrected chi connectivity index (χ1v) is 13.3. The molecule has 3 aromatic heterocycles. The number of benzene rings is 2. The Balaban J connectivity index is 1.57. The molecular weight excluding hydrogens is 575 g/mol. The molecule has 42 heavy (non-hydrogen) atoms. The van der Waals surface area contributed by atoms with Gasteiger partial charge in [0.25, 0.3) is 0 Å². The third-order valence-corrected chi connectivity index (χ3v) is 6.64. The highest BCUT2D eigenvalue weighted by Gasteiger charge is 2.38. The van der Waals surface area contributed by atoms with E-state index in [-0.39, 0.29) is 40.1 Å². The average Bonchev–Trinajstić information content (AvgIpc) is 3.29. The van der Waals surface area contributed by atoms with Crippen molar-refractivity contribution in [3.8, 4) is 23.1 Å². The molecule has 0 radical (unpaired) electrons. The van der Waals surface area contributed by atoms with E-state index in [0.29, 0.717) is 24.4 Å². The fourth-order valence-electron chi connectivity index (χ4n) is 4.19. The summed E-state index contributed by atoms with van der Waals surface area (Å²) in [5.74, 6) is 0.237. The zero-order valence-electron chi connectivity index (χ0n) is 22.5. The lowest BCUT2D eigenvalue weighted by Gasteiger charge is -2.20. The van der Waals surface area contributed by atoms with E-state index in [4.69, 9.17) is 25.8 Å². The minimum atomic E-state index is -4.66. The zero-order valence-corrected chi connectivity index (χ0v) is 23.3. The van der Waals surface area contributed by atoms with Gasteiger partial charge >= 0.3 is 11.9 Å². The highest BCUT2D eigenvalue weighted by molar-refractivity contribution is 6.32. The van der Waals surface area contributed by atoms with Crippen molar-refractivity contribution >= 4 is 22.4 Å². The van der Waals surface area contributed by atoms with Crippen LogP contribution in [0.3, 0.4) is 0 Å². The topological polar surface area (TPSA) is 93.3 Å². The van der Waals surface area contributed by atoms with Gasteiger partial charge in [0.15, 0.2) is 17.7 Å². The number of rotatable bonds is 10. The van der Waals surface area contributed by atoms with Crippen molar-refractivity contribution in [2.75, 3.05) is 0 Å². The van der Waals surface area contributed by atoms with E-state index in [2.05, 4.69) is 15.1 Å². The van der Waals surface area contributed by atoms with Gasteiger partial charge in [-0.15, -0.1) is 5.10 Å². The van der Waals surface area contributed by atoms with Crippen molar-refractivity contribution in [1.29, 1.82) is 0 Å². The van der Waals surface area contributed by atoms with Crippen LogP contribution >= 0.6 is 11.6 Å². The maximum absolute atomic E-state index is 13.6. The maximum atomic E-state index is 13.6. The normalized spacial score (nSPS) is 12.4. The second-order valence-corrected chi connectivity index (χ2v) is 9.61. The van der Waals surface area contributed by atoms with Crippen molar-refractivity contribution in [1.82, 2.24) is 24.3 Å². The Morgan fingerprint density at radius 1 is 1.02 bits per heavy atom. The molecule has 0 fully saturated rings. The fourth-order valence-corrected chi connectivity index (χ4v) is 4.33. The van der Waals surface area contributed by atoms with Crippen LogP contribution in [0.25, 0.3) is 16.5 Å². The van der Waals surface area contributed by atoms with Crippen LogP contribution in [0, 0.1) is 0 Å². The molecule has 0 bridgehead atoms. The molecule has 5 rings (SSSR count). The van der Waals surface area contributed by atoms with E-state index in [9.17, 15) is 18.0 Å². The van der Waals surface area contributed by atoms with E-state index in [1.807, 2.05) is 30.3 Å². The molecule has 0 spiro atoms. The van der Waals surface area contributed by atoms with E-state index >= 15 is 0 Å². The molecule has 9 nitrogen and oxygen atoms in total. The van der Waals surface area contributed by atoms with Gasteiger partial charge in [0, 0.05) is 25.0 Å². The molecule has 5 aromatic rings. The monoisotopic (exact) mass is 599 g/mol. The van der Waals surface area contributed by atoms with E-state index in [1.54, 1.807) is 19.1 Å². The molecule has 13 heteroatoms. The van der Waals surface area contributed by atoms with Crippen molar-refractivity contribution in [3.05, 3.63) is 100 Å². The molecule has 0 amide bonds. The maximum Gasteiger partial charge on any atom is 0.425 e. The predicted octanol–water partition coefficient (Wildman–Crippen LogP) is 6.49. The quantitative estimate of drug-likeness (QED) is 0.181. The molecule has 218 valence electrons. The van der Waals surface area contributed by atoms with Crippen molar-refractivity contribution in [2.45, 2.75) is 45.9 Å². The number of pyridine rings is 2. The molecule has 3 heterocycles. The Kier molecular flexibility index (Phi) is 8.46. The fraction of sp³-hybridized carbons (Fsp3) is 0.241. The van der Waals surface area contributed by atoms with Gasteiger partial charge in [-0.1, -0.05) is 41.9 Å². The summed E-state index contributed by atoms with van der Waals surface area (Å²) in [7, 11) is 0. The standard InChI is InChI=1S/C29H25ClF3N5O4/c1-3-37-25(17-40-16-19-7-5-4-6-8-19)36-38(28(37)39)21-13-20-9-12-35-27(42-24-15-34-11-10-22(24)30)26(20)23(14-21)41-18(2)29(31,32)33/h4-15,18H,3,16-17H2,1-2H3. The summed E-state index contributed by atoms with van der Waals surface area (Å²) in [6, 6.07) is 15.5. The van der Waals surface area contributed by atoms with Gasteiger partial charge in [0.2, 0.25) is 5.88 Å². The number of nitrogens with zero attached hydrogens (tertiary/aromatic N) is 5. The van der Waals surface area contributed by atoms with Crippen LogP contribution in [-0.2, 0) is 24.5 Å². The lowest BCUT2D eigenvalue weighted by atomic mass is 10.1. The van der Waals surface area contributed by atoms with Crippen LogP contribution in [0.5, 0.6) is 17.4 Å². The number of alkyl halides is 3. The Hall–Kier alpha value is -4.42. The molecule has 2 aromatic carbocycles. The van der Waals surface area contributed by atoms with Crippen LogP contribution in [0.4, 0.5) is 13.2 Å². The molecule has 0 aliphatic heterocycles. The van der Waals surface area contributed by atoms with Crippen molar-refractivity contribution in [2.24, 2.45) is 0 Å². The van der Waals surface area contributed by atoms with Gasteiger partial charge in [-0.3, -0.25) is 9.55 Å². The first-order valence-electron chi connectivity index (χ1n) is 12.9. The molecular formula is C29H25ClF3N5O4. The van der Waals surface area contributed by atoms with Crippen molar-refractivity contribution < 1.29 is 27.4 Å². The van der Waals surface area contributed by atoms with Gasteiger partial charge < -0.3 is 14.2 Å². The molecule has 1 unspecified atom stereocenters. The van der Waals surface area contributed by atoms with Crippen molar-refractivity contribution in [3.63, 3.8) is 0 Å². The number of fused-ring (bicyclic) bond motifs is 1. The SMILES string of the molecule is CCn1c(COCc2ccccc2)nn(-c2cc(OC(C)C(F)(F)F)c3c(Oc4cnccc4Cl)nccc3c2)c1=O. The predicted molar refractivity (Wildman–Crippen MR) is 149 cm³/mol. The van der Waals surface area contributed by atoms with Gasteiger partial charge in [-0.05, 0) is 43.0 Å². The van der Waals surface area contributed by atoms with Crippen LogP contribution < -0.4 is 15.2 Å². The van der Waals surface area contributed by atoms with Crippen LogP contribution in [0.1, 0.15) is 25.2 Å². The second-order valence-electron chi connectivity index (χ2n) is 9.20. The summed E-state index contributed by atoms with van der Waals surface area (Å²) in [5.41, 5.74) is 0.652. The summed E-state index contributed by atoms with van der Waals surface area (Å²) >= 11 is 6.20. The Morgan fingerprint density at radius 2 is 1.81 bits per heavy atom. The largest absolute Gasteiger partial charge is 0.480 e. The lowest BCUT2D eigenvalue weighted by Crippen LogP contribution is -2.31. The highest BCUT2D eigenvalue weighted by Crippen LogP contribution is 2.39. The van der Waals surface area contributed by atoms with Crippen LogP contribution in [0.15, 0.2) is 78.0 Å². The lowest BCUT2D eigenvalue weighted by molar-refractivity contribution is -0.189. The van der Waals surface area contributed by atoms with Gasteiger partial charge in [0.1, 0.15) is 12.4 Å². The Bertz CT molecular complexity index is 1760. The highest BCUT2D eigenvalue weighted by atomic mass is 35.5. The summed E-state index contributed by atoms with van der Waals surface area (Å²) in [5, 5.41) is 5.21. The molecule has 0 saturated heterocycles. The van der Waals surface area contributed by atoms with Crippen LogP contribution in [-0.4, -0.2) is 36.6 Å². The minimum Gasteiger partial charge on any atom is -0.480 e. The Morgan fingerprint density at radius 3 is 2.52 bits per heavy atom. The average molecular weight is 600 g/mol. The summed E-state index contributed by atoms with van der Waals surface area (Å²) in [6.07, 6.45) is -2.61. The van der Waals surface area contributed by atoms with E-state index < -0.39 is 18.0 Å². The second kappa shape index (κ2) is 12.2. The van der Waals surface area contributed by atoms with Gasteiger partial charge in [-0.25, -0.2) is 9.78 Å². The number of ether oxygens (including phenoxy) is 3. The smallest absolute Gasteiger partial charge is 0.425 e. The number of halogens is 4. The Labute approximate surface area is 243 Å². The van der Waals surface area contributed by atoms with Gasteiger partial charge in [-0.2, -0.15) is 17.9 Å². The van der Waals surface area contributed by atoms with E-state index in [1.165, 1.54) is 35.3 Å². The van der Waals surface area contributed by atoms with Crippen LogP contribution in [0.2, 0.25) is 5.02 Å². The molecule has 0 aliphatic carbocycles. The minimum absolute atomic E-state index is 0.0425. The zero-order chi connectivity index (χ0) is 29.9.